The van der Waals surface area contributed by atoms with E-state index in [4.69, 9.17) is 0 Å². The second-order valence-electron chi connectivity index (χ2n) is 8.58. The van der Waals surface area contributed by atoms with Crippen LogP contribution < -0.4 is 10.7 Å². The Labute approximate surface area is 152 Å². The van der Waals surface area contributed by atoms with Crippen molar-refractivity contribution in [3.05, 3.63) is 0 Å². The molecule has 1 amide bonds. The summed E-state index contributed by atoms with van der Waals surface area (Å²) in [5.74, 6) is 2.13. The van der Waals surface area contributed by atoms with Crippen LogP contribution >= 0.6 is 0 Å². The highest BCUT2D eigenvalue weighted by molar-refractivity contribution is 5.75. The fraction of sp³-hybridized carbons (Fsp3) is 0.950. The van der Waals surface area contributed by atoms with E-state index >= 15 is 0 Å². The molecule has 0 spiro atoms. The highest BCUT2D eigenvalue weighted by Crippen LogP contribution is 2.42. The van der Waals surface area contributed by atoms with E-state index in [1.807, 2.05) is 6.92 Å². The molecule has 1 aliphatic heterocycles. The summed E-state index contributed by atoms with van der Waals surface area (Å²) in [6.45, 7) is 6.06. The van der Waals surface area contributed by atoms with E-state index in [0.29, 0.717) is 30.3 Å². The molecule has 3 rings (SSSR count). The quantitative estimate of drug-likeness (QED) is 0.796. The van der Waals surface area contributed by atoms with Gasteiger partial charge in [-0.3, -0.25) is 10.2 Å². The molecule has 4 unspecified atom stereocenters. The molecule has 0 aromatic heterocycles. The van der Waals surface area contributed by atoms with E-state index in [2.05, 4.69) is 22.7 Å². The maximum atomic E-state index is 13.5. The Morgan fingerprint density at radius 2 is 1.84 bits per heavy atom. The zero-order chi connectivity index (χ0) is 17.8. The molecule has 1 heterocycles. The third-order valence-electron chi connectivity index (χ3n) is 6.84. The van der Waals surface area contributed by atoms with Gasteiger partial charge >= 0.3 is 0 Å². The van der Waals surface area contributed by atoms with Gasteiger partial charge < -0.3 is 5.32 Å². The highest BCUT2D eigenvalue weighted by Gasteiger charge is 2.39. The third-order valence-corrected chi connectivity index (χ3v) is 6.84. The van der Waals surface area contributed by atoms with Gasteiger partial charge in [0.05, 0.1) is 0 Å². The molecule has 2 saturated carbocycles. The summed E-state index contributed by atoms with van der Waals surface area (Å²) in [6, 6.07) is 1.05. The summed E-state index contributed by atoms with van der Waals surface area (Å²) in [5, 5.41) is 5.58. The second-order valence-corrected chi connectivity index (χ2v) is 8.58. The Kier molecular flexibility index (Phi) is 6.73. The van der Waals surface area contributed by atoms with Gasteiger partial charge in [-0.1, -0.05) is 6.92 Å². The summed E-state index contributed by atoms with van der Waals surface area (Å²) in [5.41, 5.74) is 3.65. The zero-order valence-electron chi connectivity index (χ0n) is 16.0. The smallest absolute Gasteiger partial charge is 0.219 e. The molecule has 25 heavy (non-hydrogen) atoms. The molecule has 5 heteroatoms. The van der Waals surface area contributed by atoms with E-state index in [1.165, 1.54) is 25.7 Å². The van der Waals surface area contributed by atoms with E-state index in [9.17, 15) is 9.18 Å². The molecule has 0 aromatic rings. The van der Waals surface area contributed by atoms with Crippen LogP contribution in [-0.2, 0) is 4.79 Å². The van der Waals surface area contributed by atoms with Crippen molar-refractivity contribution in [1.29, 1.82) is 0 Å². The maximum absolute atomic E-state index is 13.5. The molecule has 3 fully saturated rings. The van der Waals surface area contributed by atoms with Crippen LogP contribution in [0.3, 0.4) is 0 Å². The molecule has 4 nitrogen and oxygen atoms in total. The molecule has 1 saturated heterocycles. The van der Waals surface area contributed by atoms with E-state index in [1.54, 1.807) is 0 Å². The van der Waals surface area contributed by atoms with Gasteiger partial charge in [0.15, 0.2) is 0 Å². The number of alkyl halides is 1. The van der Waals surface area contributed by atoms with Crippen molar-refractivity contribution in [2.75, 3.05) is 13.1 Å². The van der Waals surface area contributed by atoms with Crippen molar-refractivity contribution in [3.8, 4) is 0 Å². The predicted octanol–water partition coefficient (Wildman–Crippen LogP) is 3.42. The standard InChI is InChI=1S/C20H36FN3O/c1-3-20(25)22-13-17-5-4-16(15-6-8-18(21)9-7-15)12-19(17)24-11-10-14(2)23-24/h14-19,23H,3-13H2,1-2H3,(H,22,25). The molecule has 2 N–H and O–H groups in total. The second kappa shape index (κ2) is 8.81. The van der Waals surface area contributed by atoms with Crippen LogP contribution in [0.5, 0.6) is 0 Å². The first-order valence-corrected chi connectivity index (χ1v) is 10.5. The van der Waals surface area contributed by atoms with Gasteiger partial charge in [-0.05, 0) is 76.0 Å². The number of nitrogens with one attached hydrogen (secondary N) is 2. The molecule has 4 atom stereocenters. The third kappa shape index (κ3) is 4.94. The molecule has 2 aliphatic carbocycles. The number of nitrogens with zero attached hydrogens (tertiary/aromatic N) is 1. The van der Waals surface area contributed by atoms with E-state index in [-0.39, 0.29) is 5.91 Å². The maximum Gasteiger partial charge on any atom is 0.219 e. The van der Waals surface area contributed by atoms with Crippen LogP contribution in [0.25, 0.3) is 0 Å². The Morgan fingerprint density at radius 3 is 2.48 bits per heavy atom. The summed E-state index contributed by atoms with van der Waals surface area (Å²) in [7, 11) is 0. The highest BCUT2D eigenvalue weighted by atomic mass is 19.1. The largest absolute Gasteiger partial charge is 0.356 e. The Balaban J connectivity index is 1.61. The average Bonchev–Trinajstić information content (AvgIpc) is 3.06. The fourth-order valence-electron chi connectivity index (χ4n) is 5.22. The van der Waals surface area contributed by atoms with Crippen LogP contribution in [0.2, 0.25) is 0 Å². The van der Waals surface area contributed by atoms with Gasteiger partial charge in [-0.15, -0.1) is 0 Å². The van der Waals surface area contributed by atoms with Gasteiger partial charge in [-0.25, -0.2) is 9.40 Å². The van der Waals surface area contributed by atoms with Gasteiger partial charge in [0.25, 0.3) is 0 Å². The zero-order valence-corrected chi connectivity index (χ0v) is 16.0. The van der Waals surface area contributed by atoms with E-state index < -0.39 is 6.17 Å². The lowest BCUT2D eigenvalue weighted by Crippen LogP contribution is -2.52. The summed E-state index contributed by atoms with van der Waals surface area (Å²) < 4.78 is 13.5. The number of carbonyl (C=O) groups excluding carboxylic acids is 1. The number of hydrogen-bond acceptors (Lipinski definition) is 3. The Morgan fingerprint density at radius 1 is 1.12 bits per heavy atom. The van der Waals surface area contributed by atoms with Crippen molar-refractivity contribution in [3.63, 3.8) is 0 Å². The first-order valence-electron chi connectivity index (χ1n) is 10.5. The van der Waals surface area contributed by atoms with Crippen LogP contribution in [0.4, 0.5) is 4.39 Å². The van der Waals surface area contributed by atoms with Gasteiger partial charge in [0.2, 0.25) is 5.91 Å². The van der Waals surface area contributed by atoms with E-state index in [0.717, 1.165) is 44.7 Å². The Bertz CT molecular complexity index is 439. The van der Waals surface area contributed by atoms with Crippen molar-refractivity contribution >= 4 is 5.91 Å². The summed E-state index contributed by atoms with van der Waals surface area (Å²) >= 11 is 0. The minimum absolute atomic E-state index is 0.157. The number of carbonyl (C=O) groups is 1. The fourth-order valence-corrected chi connectivity index (χ4v) is 5.22. The average molecular weight is 354 g/mol. The van der Waals surface area contributed by atoms with Crippen molar-refractivity contribution in [1.82, 2.24) is 15.8 Å². The van der Waals surface area contributed by atoms with Crippen molar-refractivity contribution in [2.24, 2.45) is 17.8 Å². The summed E-state index contributed by atoms with van der Waals surface area (Å²) in [4.78, 5) is 11.7. The van der Waals surface area contributed by atoms with Crippen molar-refractivity contribution in [2.45, 2.75) is 89.9 Å². The molecular formula is C20H36FN3O. The lowest BCUT2D eigenvalue weighted by atomic mass is 9.68. The minimum Gasteiger partial charge on any atom is -0.356 e. The normalized spacial score (nSPS) is 40.1. The van der Waals surface area contributed by atoms with Gasteiger partial charge in [-0.2, -0.15) is 0 Å². The monoisotopic (exact) mass is 353 g/mol. The van der Waals surface area contributed by atoms with Crippen molar-refractivity contribution < 1.29 is 9.18 Å². The predicted molar refractivity (Wildman–Crippen MR) is 98.7 cm³/mol. The van der Waals surface area contributed by atoms with Gasteiger partial charge in [0, 0.05) is 31.6 Å². The lowest BCUT2D eigenvalue weighted by molar-refractivity contribution is -0.121. The molecule has 3 aliphatic rings. The first-order chi connectivity index (χ1) is 12.1. The molecule has 0 aromatic carbocycles. The van der Waals surface area contributed by atoms with Crippen LogP contribution in [0, 0.1) is 17.8 Å². The molecule has 0 radical (unpaired) electrons. The lowest BCUT2D eigenvalue weighted by Gasteiger charge is -2.44. The number of hydrogen-bond donors (Lipinski definition) is 2. The number of amides is 1. The topological polar surface area (TPSA) is 44.4 Å². The minimum atomic E-state index is -0.561. The Hall–Kier alpha value is -0.680. The van der Waals surface area contributed by atoms with Crippen LogP contribution in [-0.4, -0.2) is 42.3 Å². The first kappa shape index (κ1) is 19.1. The SMILES string of the molecule is CCC(=O)NCC1CCC(C2CCC(F)CC2)CC1N1CCC(C)N1. The molecule has 144 valence electrons. The number of hydrazine groups is 1. The van der Waals surface area contributed by atoms with Crippen LogP contribution in [0.1, 0.15) is 71.6 Å². The van der Waals surface area contributed by atoms with Crippen LogP contribution in [0.15, 0.2) is 0 Å². The number of halogens is 1. The molecular weight excluding hydrogens is 317 g/mol. The molecule has 0 bridgehead atoms. The summed E-state index contributed by atoms with van der Waals surface area (Å²) in [6.07, 6.45) is 8.49. The number of rotatable bonds is 5. The van der Waals surface area contributed by atoms with Gasteiger partial charge in [0.1, 0.15) is 6.17 Å².